The minimum atomic E-state index is -2.28. The Balaban J connectivity index is 1.72. The number of ketones is 2. The van der Waals surface area contributed by atoms with E-state index in [9.17, 15) is 24.6 Å². The zero-order valence-corrected chi connectivity index (χ0v) is 21.2. The predicted octanol–water partition coefficient (Wildman–Crippen LogP) is 3.44. The third-order valence-corrected chi connectivity index (χ3v) is 9.58. The molecule has 6 nitrogen and oxygen atoms in total. The van der Waals surface area contributed by atoms with Crippen LogP contribution in [0.15, 0.2) is 23.8 Å². The van der Waals surface area contributed by atoms with Gasteiger partial charge in [0.05, 0.1) is 11.5 Å². The van der Waals surface area contributed by atoms with Crippen molar-refractivity contribution in [3.63, 3.8) is 0 Å². The molecule has 0 aliphatic heterocycles. The molecule has 0 aromatic carbocycles. The molecule has 0 aromatic heterocycles. The van der Waals surface area contributed by atoms with Crippen LogP contribution in [0.3, 0.4) is 0 Å². The van der Waals surface area contributed by atoms with Crippen molar-refractivity contribution < 1.29 is 38.1 Å². The summed E-state index contributed by atoms with van der Waals surface area (Å²) in [6, 6.07) is 0. The Morgan fingerprint density at radius 3 is 2.43 bits per heavy atom. The summed E-state index contributed by atoms with van der Waals surface area (Å²) in [6.45, 7) is 9.15. The zero-order chi connectivity index (χ0) is 26.4. The highest BCUT2D eigenvalue weighted by molar-refractivity contribution is 6.01. The molecule has 4 rings (SSSR count). The largest absolute Gasteiger partial charge is 0.457 e. The van der Waals surface area contributed by atoms with E-state index in [0.29, 0.717) is 0 Å². The van der Waals surface area contributed by atoms with Gasteiger partial charge in [-0.15, -0.1) is 0 Å². The van der Waals surface area contributed by atoms with Crippen molar-refractivity contribution in [3.8, 4) is 0 Å². The molecule has 8 heteroatoms. The Kier molecular flexibility index (Phi) is 5.81. The highest BCUT2D eigenvalue weighted by Crippen LogP contribution is 2.70. The van der Waals surface area contributed by atoms with Gasteiger partial charge in [-0.05, 0) is 76.5 Å². The first-order valence-corrected chi connectivity index (χ1v) is 12.3. The zero-order valence-electron chi connectivity index (χ0n) is 21.2. The molecule has 0 amide bonds. The molecular weight excluding hydrogens is 458 g/mol. The van der Waals surface area contributed by atoms with E-state index in [0.717, 1.165) is 6.08 Å². The van der Waals surface area contributed by atoms with Gasteiger partial charge in [-0.1, -0.05) is 19.9 Å². The number of hydrogen-bond acceptors (Lipinski definition) is 6. The number of ether oxygens (including phenoxy) is 1. The summed E-state index contributed by atoms with van der Waals surface area (Å²) in [6.07, 6.45) is 0.249. The lowest BCUT2D eigenvalue weighted by Gasteiger charge is -2.63. The van der Waals surface area contributed by atoms with E-state index >= 15 is 8.78 Å². The van der Waals surface area contributed by atoms with E-state index in [1.54, 1.807) is 34.6 Å². The van der Waals surface area contributed by atoms with Gasteiger partial charge in [0.25, 0.3) is 0 Å². The fourth-order valence-corrected chi connectivity index (χ4v) is 7.59. The summed E-state index contributed by atoms with van der Waals surface area (Å²) >= 11 is 0. The summed E-state index contributed by atoms with van der Waals surface area (Å²) in [5, 5.41) is 23.2. The summed E-state index contributed by atoms with van der Waals surface area (Å²) < 4.78 is 37.8. The average Bonchev–Trinajstić information content (AvgIpc) is 2.96. The highest BCUT2D eigenvalue weighted by atomic mass is 19.1. The molecule has 2 N–H and O–H groups in total. The second-order valence-electron chi connectivity index (χ2n) is 12.5. The van der Waals surface area contributed by atoms with Gasteiger partial charge in [0.2, 0.25) is 5.78 Å². The first-order valence-electron chi connectivity index (χ1n) is 12.3. The van der Waals surface area contributed by atoms with Crippen LogP contribution in [-0.4, -0.2) is 57.9 Å². The molecule has 0 heterocycles. The first kappa shape index (κ1) is 26.1. The lowest BCUT2D eigenvalue weighted by Crippen LogP contribution is -2.70. The van der Waals surface area contributed by atoms with Crippen molar-refractivity contribution in [2.45, 2.75) is 84.4 Å². The van der Waals surface area contributed by atoms with Crippen molar-refractivity contribution >= 4 is 17.5 Å². The van der Waals surface area contributed by atoms with E-state index in [4.69, 9.17) is 4.74 Å². The molecule has 3 fully saturated rings. The van der Waals surface area contributed by atoms with Crippen LogP contribution in [0.5, 0.6) is 0 Å². The Hall–Kier alpha value is -1.93. The number of aliphatic hydroxyl groups excluding tert-OH is 1. The van der Waals surface area contributed by atoms with E-state index in [1.807, 2.05) is 0 Å². The molecule has 0 unspecified atom stereocenters. The molecule has 3 saturated carbocycles. The van der Waals surface area contributed by atoms with Crippen LogP contribution in [0.4, 0.5) is 8.78 Å². The Labute approximate surface area is 204 Å². The van der Waals surface area contributed by atoms with Gasteiger partial charge in [0.15, 0.2) is 18.1 Å². The number of Topliss-reactive ketones (excluding diaryl/α,β-unsaturated/α-hetero) is 1. The van der Waals surface area contributed by atoms with Gasteiger partial charge in [-0.2, -0.15) is 0 Å². The standard InChI is InChI=1S/C27H36F2O6/c1-14-9-16-17-11-19(28)18-10-15(30)7-8-24(18,5)26(17,29)20(31)12-25(16,6)27(14,34)21(32)13-35-22(33)23(2,3)4/h7-8,10,14,16-17,19-20,31,34H,9,11-13H2,1-6H3/t14-,16-,17+,19+,20-,24+,25-,26+,27+/m1/s1. The summed E-state index contributed by atoms with van der Waals surface area (Å²) in [7, 11) is 0. The predicted molar refractivity (Wildman–Crippen MR) is 124 cm³/mol. The number of allylic oxidation sites excluding steroid dienone is 4. The molecule has 35 heavy (non-hydrogen) atoms. The van der Waals surface area contributed by atoms with E-state index < -0.39 is 81.7 Å². The maximum absolute atomic E-state index is 17.1. The van der Waals surface area contributed by atoms with Crippen molar-refractivity contribution in [2.75, 3.05) is 6.61 Å². The number of carbonyl (C=O) groups excluding carboxylic acids is 3. The fourth-order valence-electron chi connectivity index (χ4n) is 7.59. The SMILES string of the molecule is C[C@@H]1C[C@@H]2[C@@H]3C[C@H](F)C4=CC(=O)C=C[C@]4(C)[C@@]3(F)[C@H](O)C[C@@]2(C)[C@@]1(O)C(=O)COC(=O)C(C)(C)C. The molecule has 0 aromatic rings. The fraction of sp³-hybridized carbons (Fsp3) is 0.741. The third kappa shape index (κ3) is 3.28. The van der Waals surface area contributed by atoms with Crippen molar-refractivity contribution in [1.29, 1.82) is 0 Å². The van der Waals surface area contributed by atoms with E-state index in [1.165, 1.54) is 19.1 Å². The lowest BCUT2D eigenvalue weighted by molar-refractivity contribution is -0.224. The van der Waals surface area contributed by atoms with Crippen LogP contribution in [-0.2, 0) is 19.1 Å². The minimum absolute atomic E-state index is 0.0258. The van der Waals surface area contributed by atoms with Crippen LogP contribution in [0.1, 0.15) is 60.8 Å². The summed E-state index contributed by atoms with van der Waals surface area (Å²) in [5.41, 5.74) is -7.87. The Morgan fingerprint density at radius 2 is 1.83 bits per heavy atom. The highest BCUT2D eigenvalue weighted by Gasteiger charge is 2.76. The quantitative estimate of drug-likeness (QED) is 0.583. The second-order valence-corrected chi connectivity index (χ2v) is 12.5. The van der Waals surface area contributed by atoms with Crippen LogP contribution in [0.2, 0.25) is 0 Å². The van der Waals surface area contributed by atoms with Crippen LogP contribution in [0, 0.1) is 34.0 Å². The molecule has 4 aliphatic carbocycles. The van der Waals surface area contributed by atoms with Gasteiger partial charge >= 0.3 is 5.97 Å². The van der Waals surface area contributed by atoms with Gasteiger partial charge in [0.1, 0.15) is 11.8 Å². The minimum Gasteiger partial charge on any atom is -0.457 e. The van der Waals surface area contributed by atoms with Crippen molar-refractivity contribution in [1.82, 2.24) is 0 Å². The number of carbonyl (C=O) groups is 3. The number of fused-ring (bicyclic) bond motifs is 5. The summed E-state index contributed by atoms with van der Waals surface area (Å²) in [4.78, 5) is 37.5. The monoisotopic (exact) mass is 494 g/mol. The van der Waals surface area contributed by atoms with Gasteiger partial charge in [-0.3, -0.25) is 14.4 Å². The molecule has 9 atom stereocenters. The molecule has 194 valence electrons. The molecule has 0 bridgehead atoms. The Bertz CT molecular complexity index is 1030. The molecular formula is C27H36F2O6. The second kappa shape index (κ2) is 7.78. The van der Waals surface area contributed by atoms with Gasteiger partial charge < -0.3 is 14.9 Å². The van der Waals surface area contributed by atoms with E-state index in [-0.39, 0.29) is 24.8 Å². The molecule has 4 aliphatic rings. The number of alkyl halides is 2. The molecule has 0 spiro atoms. The number of esters is 1. The molecule has 0 radical (unpaired) electrons. The smallest absolute Gasteiger partial charge is 0.311 e. The van der Waals surface area contributed by atoms with Crippen molar-refractivity contribution in [3.05, 3.63) is 23.8 Å². The number of halogens is 2. The maximum atomic E-state index is 17.1. The van der Waals surface area contributed by atoms with Crippen LogP contribution < -0.4 is 0 Å². The van der Waals surface area contributed by atoms with E-state index in [2.05, 4.69) is 0 Å². The van der Waals surface area contributed by atoms with Gasteiger partial charge in [0, 0.05) is 16.7 Å². The van der Waals surface area contributed by atoms with Crippen LogP contribution in [0.25, 0.3) is 0 Å². The Morgan fingerprint density at radius 1 is 1.20 bits per heavy atom. The van der Waals surface area contributed by atoms with Crippen molar-refractivity contribution in [2.24, 2.45) is 34.0 Å². The third-order valence-electron chi connectivity index (χ3n) is 9.58. The summed E-state index contributed by atoms with van der Waals surface area (Å²) in [5.74, 6) is -3.94. The van der Waals surface area contributed by atoms with Gasteiger partial charge in [-0.25, -0.2) is 8.78 Å². The molecule has 0 saturated heterocycles. The normalized spacial score (nSPS) is 46.9. The number of hydrogen-bond donors (Lipinski definition) is 2. The topological polar surface area (TPSA) is 101 Å². The first-order chi connectivity index (χ1) is 15.9. The average molecular weight is 495 g/mol. The van der Waals surface area contributed by atoms with Crippen LogP contribution >= 0.6 is 0 Å². The lowest BCUT2D eigenvalue weighted by atomic mass is 9.44. The number of rotatable bonds is 3. The maximum Gasteiger partial charge on any atom is 0.311 e. The number of aliphatic hydroxyl groups is 2.